The molecular formula is C19H24O8P2. The molecule has 2 aromatic rings. The van der Waals surface area contributed by atoms with Crippen LogP contribution in [0.5, 0.6) is 5.75 Å². The molecule has 0 aliphatic carbocycles. The van der Waals surface area contributed by atoms with Gasteiger partial charge in [0, 0.05) is 19.8 Å². The van der Waals surface area contributed by atoms with Crippen molar-refractivity contribution in [3.05, 3.63) is 53.6 Å². The molecule has 0 spiro atoms. The number of ketones is 1. The lowest BCUT2D eigenvalue weighted by Gasteiger charge is -2.18. The molecule has 0 fully saturated rings. The third-order valence-corrected chi connectivity index (χ3v) is 8.06. The number of hydrogen-bond donors (Lipinski definition) is 1. The van der Waals surface area contributed by atoms with Gasteiger partial charge in [0.25, 0.3) is 0 Å². The van der Waals surface area contributed by atoms with Gasteiger partial charge in [0.1, 0.15) is 5.75 Å². The minimum Gasteiger partial charge on any atom is -0.507 e. The number of phenolic OH excluding ortho intramolecular Hbond substituents is 1. The van der Waals surface area contributed by atoms with E-state index in [0.29, 0.717) is 0 Å². The lowest BCUT2D eigenvalue weighted by molar-refractivity contribution is 0.103. The molecule has 8 nitrogen and oxygen atoms in total. The van der Waals surface area contributed by atoms with E-state index in [1.165, 1.54) is 56.7 Å². The minimum atomic E-state index is -3.62. The zero-order valence-corrected chi connectivity index (χ0v) is 18.4. The van der Waals surface area contributed by atoms with Crippen molar-refractivity contribution in [3.8, 4) is 5.75 Å². The summed E-state index contributed by atoms with van der Waals surface area (Å²) in [5, 5.41) is 10.6. The van der Waals surface area contributed by atoms with Crippen LogP contribution in [-0.2, 0) is 27.2 Å². The van der Waals surface area contributed by atoms with Gasteiger partial charge in [0.15, 0.2) is 5.78 Å². The van der Waals surface area contributed by atoms with Crippen LogP contribution in [0.15, 0.2) is 42.5 Å². The van der Waals surface area contributed by atoms with Crippen LogP contribution in [0.2, 0.25) is 0 Å². The second kappa shape index (κ2) is 9.81. The summed E-state index contributed by atoms with van der Waals surface area (Å²) in [7, 11) is -4.53. The Morgan fingerprint density at radius 2 is 1.38 bits per heavy atom. The number of rotatable bonds is 10. The van der Waals surface area contributed by atoms with Gasteiger partial charge in [0.2, 0.25) is 0 Å². The van der Waals surface area contributed by atoms with Crippen molar-refractivity contribution in [2.75, 3.05) is 27.4 Å². The van der Waals surface area contributed by atoms with Crippen molar-refractivity contribution >= 4 is 31.6 Å². The molecule has 10 heteroatoms. The normalized spacial score (nSPS) is 12.1. The number of carbonyl (C=O) groups excluding carboxylic acids is 1. The molecule has 2 aromatic carbocycles. The highest BCUT2D eigenvalue weighted by atomic mass is 31.2. The zero-order chi connectivity index (χ0) is 21.7. The van der Waals surface area contributed by atoms with Crippen molar-refractivity contribution in [2.24, 2.45) is 0 Å². The standard InChI is InChI=1S/C19H24O8P2/c1-5-26-29(23,27-6-2)16-11-12-18(20)17(13-16)19(21)14-7-9-15(10-8-14)28(22,24-3)25-4/h7-13,20H,5-6H2,1-4H3. The molecule has 0 aromatic heterocycles. The third-order valence-electron chi connectivity index (χ3n) is 4.07. The number of hydrogen-bond acceptors (Lipinski definition) is 8. The molecule has 0 heterocycles. The summed E-state index contributed by atoms with van der Waals surface area (Å²) in [5.41, 5.74) is 0.166. The topological polar surface area (TPSA) is 108 Å². The van der Waals surface area contributed by atoms with E-state index < -0.39 is 21.0 Å². The summed E-state index contributed by atoms with van der Waals surface area (Å²) in [4.78, 5) is 12.9. The second-order valence-electron chi connectivity index (χ2n) is 5.77. The van der Waals surface area contributed by atoms with Gasteiger partial charge in [-0.05, 0) is 44.2 Å². The molecule has 0 aliphatic rings. The maximum Gasteiger partial charge on any atom is 0.361 e. The zero-order valence-electron chi connectivity index (χ0n) is 16.7. The maximum atomic E-state index is 13.0. The van der Waals surface area contributed by atoms with E-state index in [0.717, 1.165) is 0 Å². The molecule has 0 amide bonds. The Kier molecular flexibility index (Phi) is 7.94. The Bertz CT molecular complexity index is 937. The fourth-order valence-electron chi connectivity index (χ4n) is 2.64. The van der Waals surface area contributed by atoms with Gasteiger partial charge in [-0.1, -0.05) is 12.1 Å². The average molecular weight is 442 g/mol. The number of aromatic hydroxyl groups is 1. The fourth-order valence-corrected chi connectivity index (χ4v) is 5.32. The summed E-state index contributed by atoms with van der Waals surface area (Å²) in [6.07, 6.45) is 0. The molecule has 0 saturated carbocycles. The number of phenols is 1. The summed E-state index contributed by atoms with van der Waals surface area (Å²) in [5.74, 6) is -0.790. The van der Waals surface area contributed by atoms with Crippen LogP contribution in [-0.4, -0.2) is 38.3 Å². The molecule has 158 valence electrons. The Balaban J connectivity index is 2.43. The molecule has 2 rings (SSSR count). The highest BCUT2D eigenvalue weighted by molar-refractivity contribution is 7.62. The highest BCUT2D eigenvalue weighted by Gasteiger charge is 2.29. The predicted molar refractivity (Wildman–Crippen MR) is 110 cm³/mol. The first kappa shape index (κ1) is 23.5. The lowest BCUT2D eigenvalue weighted by atomic mass is 10.0. The van der Waals surface area contributed by atoms with Gasteiger partial charge in [-0.25, -0.2) is 0 Å². The van der Waals surface area contributed by atoms with Crippen LogP contribution in [0.1, 0.15) is 29.8 Å². The van der Waals surface area contributed by atoms with E-state index in [2.05, 4.69) is 0 Å². The van der Waals surface area contributed by atoms with Crippen molar-refractivity contribution in [1.82, 2.24) is 0 Å². The van der Waals surface area contributed by atoms with Crippen LogP contribution in [0, 0.1) is 0 Å². The largest absolute Gasteiger partial charge is 0.507 e. The predicted octanol–water partition coefficient (Wildman–Crippen LogP) is 3.63. The van der Waals surface area contributed by atoms with Gasteiger partial charge in [0.05, 0.1) is 29.4 Å². The molecule has 0 saturated heterocycles. The monoisotopic (exact) mass is 442 g/mol. The summed E-state index contributed by atoms with van der Waals surface area (Å²) < 4.78 is 45.8. The first-order valence-corrected chi connectivity index (χ1v) is 11.9. The Hall–Kier alpha value is -1.79. The average Bonchev–Trinajstić information content (AvgIpc) is 2.73. The van der Waals surface area contributed by atoms with E-state index in [-0.39, 0.29) is 40.7 Å². The molecule has 0 atom stereocenters. The first-order valence-electron chi connectivity index (χ1n) is 8.84. The van der Waals surface area contributed by atoms with Gasteiger partial charge in [-0.3, -0.25) is 13.9 Å². The summed E-state index contributed by atoms with van der Waals surface area (Å²) in [6, 6.07) is 9.76. The van der Waals surface area contributed by atoms with Gasteiger partial charge >= 0.3 is 15.2 Å². The number of carbonyl (C=O) groups is 1. The maximum absolute atomic E-state index is 13.0. The fraction of sp³-hybridized carbons (Fsp3) is 0.316. The van der Waals surface area contributed by atoms with Crippen molar-refractivity contribution in [3.63, 3.8) is 0 Å². The van der Waals surface area contributed by atoms with Gasteiger partial charge in [-0.2, -0.15) is 0 Å². The highest BCUT2D eigenvalue weighted by Crippen LogP contribution is 2.47. The van der Waals surface area contributed by atoms with Crippen molar-refractivity contribution in [2.45, 2.75) is 13.8 Å². The minimum absolute atomic E-state index is 0.0588. The van der Waals surface area contributed by atoms with Crippen LogP contribution in [0.25, 0.3) is 0 Å². The van der Waals surface area contributed by atoms with Gasteiger partial charge < -0.3 is 23.2 Å². The number of benzene rings is 2. The Labute approximate surface area is 169 Å². The van der Waals surface area contributed by atoms with E-state index >= 15 is 0 Å². The van der Waals surface area contributed by atoms with E-state index in [1.807, 2.05) is 0 Å². The van der Waals surface area contributed by atoms with E-state index in [1.54, 1.807) is 13.8 Å². The molecule has 1 N–H and O–H groups in total. The molecule has 0 aliphatic heterocycles. The van der Waals surface area contributed by atoms with Crippen LogP contribution in [0.3, 0.4) is 0 Å². The Morgan fingerprint density at radius 1 is 0.862 bits per heavy atom. The molecule has 0 radical (unpaired) electrons. The lowest BCUT2D eigenvalue weighted by Crippen LogP contribution is -2.14. The second-order valence-corrected chi connectivity index (χ2v) is 10.0. The van der Waals surface area contributed by atoms with Crippen LogP contribution >= 0.6 is 15.2 Å². The van der Waals surface area contributed by atoms with E-state index in [4.69, 9.17) is 18.1 Å². The molecule has 29 heavy (non-hydrogen) atoms. The van der Waals surface area contributed by atoms with Gasteiger partial charge in [-0.15, -0.1) is 0 Å². The van der Waals surface area contributed by atoms with Crippen molar-refractivity contribution < 1.29 is 37.1 Å². The molecular weight excluding hydrogens is 418 g/mol. The van der Waals surface area contributed by atoms with Crippen molar-refractivity contribution in [1.29, 1.82) is 0 Å². The Morgan fingerprint density at radius 3 is 1.86 bits per heavy atom. The molecule has 0 bridgehead atoms. The van der Waals surface area contributed by atoms with E-state index in [9.17, 15) is 19.0 Å². The smallest absolute Gasteiger partial charge is 0.361 e. The SMILES string of the molecule is CCOP(=O)(OCC)c1ccc(O)c(C(=O)c2ccc(P(=O)(OC)OC)cc2)c1. The summed E-state index contributed by atoms with van der Waals surface area (Å²) in [6.45, 7) is 3.67. The summed E-state index contributed by atoms with van der Waals surface area (Å²) >= 11 is 0. The van der Waals surface area contributed by atoms with Crippen LogP contribution in [0.4, 0.5) is 0 Å². The van der Waals surface area contributed by atoms with Crippen LogP contribution < -0.4 is 10.6 Å². The third kappa shape index (κ3) is 5.04. The quantitative estimate of drug-likeness (QED) is 0.439. The first-order chi connectivity index (χ1) is 13.7. The molecule has 0 unspecified atom stereocenters.